The van der Waals surface area contributed by atoms with Crippen LogP contribution in [0.2, 0.25) is 0 Å². The fraction of sp³-hybridized carbons (Fsp3) is 0.571. The van der Waals surface area contributed by atoms with Gasteiger partial charge in [0.25, 0.3) is 0 Å². The molecule has 1 saturated heterocycles. The minimum atomic E-state index is -0.481. The Bertz CT molecular complexity index is 373. The Morgan fingerprint density at radius 1 is 1.31 bits per heavy atom. The monoisotopic (exact) mass is 220 g/mol. The third-order valence-electron chi connectivity index (χ3n) is 3.36. The average molecular weight is 220 g/mol. The van der Waals surface area contributed by atoms with Gasteiger partial charge in [0.05, 0.1) is 12.2 Å². The zero-order valence-electron chi connectivity index (χ0n) is 10.2. The first-order valence-electron chi connectivity index (χ1n) is 5.98. The topological polar surface area (TPSA) is 29.5 Å². The molecule has 1 aromatic rings. The molecule has 0 spiro atoms. The van der Waals surface area contributed by atoms with Crippen LogP contribution in [0.15, 0.2) is 18.2 Å². The summed E-state index contributed by atoms with van der Waals surface area (Å²) in [5.41, 5.74) is 3.38. The first-order valence-corrected chi connectivity index (χ1v) is 5.98. The molecule has 1 fully saturated rings. The molecular weight excluding hydrogens is 200 g/mol. The summed E-state index contributed by atoms with van der Waals surface area (Å²) in [5, 5.41) is 10.3. The van der Waals surface area contributed by atoms with Crippen molar-refractivity contribution in [3.63, 3.8) is 0 Å². The van der Waals surface area contributed by atoms with Crippen molar-refractivity contribution in [3.8, 4) is 0 Å². The molecule has 3 unspecified atom stereocenters. The molecule has 0 radical (unpaired) electrons. The van der Waals surface area contributed by atoms with Gasteiger partial charge in [-0.2, -0.15) is 0 Å². The van der Waals surface area contributed by atoms with Crippen molar-refractivity contribution >= 4 is 0 Å². The van der Waals surface area contributed by atoms with E-state index in [-0.39, 0.29) is 12.2 Å². The van der Waals surface area contributed by atoms with Gasteiger partial charge in [0.1, 0.15) is 6.10 Å². The number of benzene rings is 1. The molecule has 1 aliphatic heterocycles. The van der Waals surface area contributed by atoms with Gasteiger partial charge < -0.3 is 9.84 Å². The van der Waals surface area contributed by atoms with Gasteiger partial charge in [-0.3, -0.25) is 0 Å². The first kappa shape index (κ1) is 11.6. The minimum Gasteiger partial charge on any atom is -0.386 e. The van der Waals surface area contributed by atoms with Gasteiger partial charge in [-0.1, -0.05) is 23.8 Å². The van der Waals surface area contributed by atoms with Crippen molar-refractivity contribution in [3.05, 3.63) is 34.9 Å². The molecule has 88 valence electrons. The molecule has 0 bridgehead atoms. The number of rotatable bonds is 2. The molecular formula is C14H20O2. The maximum absolute atomic E-state index is 10.3. The lowest BCUT2D eigenvalue weighted by atomic mass is 9.96. The Balaban J connectivity index is 2.17. The third-order valence-corrected chi connectivity index (χ3v) is 3.36. The van der Waals surface area contributed by atoms with E-state index in [0.29, 0.717) is 0 Å². The van der Waals surface area contributed by atoms with Crippen LogP contribution in [0, 0.1) is 13.8 Å². The molecule has 3 atom stereocenters. The predicted molar refractivity (Wildman–Crippen MR) is 64.4 cm³/mol. The summed E-state index contributed by atoms with van der Waals surface area (Å²) in [4.78, 5) is 0. The SMILES string of the molecule is Cc1ccc(C(O)C2CCC(C)O2)c(C)c1. The quantitative estimate of drug-likeness (QED) is 0.830. The number of ether oxygens (including phenoxy) is 1. The maximum Gasteiger partial charge on any atom is 0.105 e. The van der Waals surface area contributed by atoms with Gasteiger partial charge in [0.15, 0.2) is 0 Å². The average Bonchev–Trinajstić information content (AvgIpc) is 2.64. The highest BCUT2D eigenvalue weighted by molar-refractivity contribution is 5.32. The van der Waals surface area contributed by atoms with Crippen molar-refractivity contribution in [2.75, 3.05) is 0 Å². The second kappa shape index (κ2) is 4.56. The van der Waals surface area contributed by atoms with Gasteiger partial charge >= 0.3 is 0 Å². The van der Waals surface area contributed by atoms with Crippen LogP contribution in [0.4, 0.5) is 0 Å². The summed E-state index contributed by atoms with van der Waals surface area (Å²) < 4.78 is 5.71. The van der Waals surface area contributed by atoms with Gasteiger partial charge in [0, 0.05) is 0 Å². The van der Waals surface area contributed by atoms with Gasteiger partial charge in [0.2, 0.25) is 0 Å². The van der Waals surface area contributed by atoms with Gasteiger partial charge in [-0.05, 0) is 44.7 Å². The number of aliphatic hydroxyl groups excluding tert-OH is 1. The fourth-order valence-electron chi connectivity index (χ4n) is 2.42. The van der Waals surface area contributed by atoms with E-state index in [0.717, 1.165) is 24.0 Å². The fourth-order valence-corrected chi connectivity index (χ4v) is 2.42. The van der Waals surface area contributed by atoms with Crippen molar-refractivity contribution in [1.29, 1.82) is 0 Å². The molecule has 2 heteroatoms. The molecule has 0 aliphatic carbocycles. The summed E-state index contributed by atoms with van der Waals surface area (Å²) in [6.07, 6.45) is 1.77. The molecule has 1 N–H and O–H groups in total. The van der Waals surface area contributed by atoms with E-state index in [9.17, 15) is 5.11 Å². The number of aryl methyl sites for hydroxylation is 2. The second-order valence-electron chi connectivity index (χ2n) is 4.87. The lowest BCUT2D eigenvalue weighted by Crippen LogP contribution is -2.19. The molecule has 0 aromatic heterocycles. The Kier molecular flexibility index (Phi) is 3.31. The normalized spacial score (nSPS) is 27.0. The summed E-state index contributed by atoms with van der Waals surface area (Å²) >= 11 is 0. The van der Waals surface area contributed by atoms with Crippen molar-refractivity contribution in [2.45, 2.75) is 51.9 Å². The molecule has 1 aromatic carbocycles. The first-order chi connectivity index (χ1) is 7.58. The van der Waals surface area contributed by atoms with E-state index >= 15 is 0 Å². The maximum atomic E-state index is 10.3. The second-order valence-corrected chi connectivity index (χ2v) is 4.87. The van der Waals surface area contributed by atoms with Crippen molar-refractivity contribution in [1.82, 2.24) is 0 Å². The van der Waals surface area contributed by atoms with Crippen LogP contribution in [0.3, 0.4) is 0 Å². The minimum absolute atomic E-state index is 0.0311. The standard InChI is InChI=1S/C14H20O2/c1-9-4-6-12(10(2)8-9)14(15)13-7-5-11(3)16-13/h4,6,8,11,13-15H,5,7H2,1-3H3. The highest BCUT2D eigenvalue weighted by Crippen LogP contribution is 2.31. The predicted octanol–water partition coefficient (Wildman–Crippen LogP) is 2.90. The lowest BCUT2D eigenvalue weighted by Gasteiger charge is -2.20. The Hall–Kier alpha value is -0.860. The summed E-state index contributed by atoms with van der Waals surface area (Å²) in [5.74, 6) is 0. The number of hydrogen-bond acceptors (Lipinski definition) is 2. The van der Waals surface area contributed by atoms with Crippen LogP contribution < -0.4 is 0 Å². The van der Waals surface area contributed by atoms with Crippen LogP contribution >= 0.6 is 0 Å². The zero-order chi connectivity index (χ0) is 11.7. The molecule has 1 aliphatic rings. The summed E-state index contributed by atoms with van der Waals surface area (Å²) in [7, 11) is 0. The van der Waals surface area contributed by atoms with Crippen LogP contribution in [0.5, 0.6) is 0 Å². The van der Waals surface area contributed by atoms with Crippen molar-refractivity contribution < 1.29 is 9.84 Å². The van der Waals surface area contributed by atoms with Gasteiger partial charge in [-0.15, -0.1) is 0 Å². The van der Waals surface area contributed by atoms with E-state index in [1.54, 1.807) is 0 Å². The third kappa shape index (κ3) is 2.28. The summed E-state index contributed by atoms with van der Waals surface area (Å²) in [6.45, 7) is 6.18. The van der Waals surface area contributed by atoms with Crippen LogP contribution in [-0.4, -0.2) is 17.3 Å². The van der Waals surface area contributed by atoms with E-state index in [2.05, 4.69) is 19.9 Å². The zero-order valence-corrected chi connectivity index (χ0v) is 10.2. The van der Waals surface area contributed by atoms with E-state index < -0.39 is 6.10 Å². The largest absolute Gasteiger partial charge is 0.386 e. The molecule has 0 saturated carbocycles. The highest BCUT2D eigenvalue weighted by atomic mass is 16.5. The Morgan fingerprint density at radius 2 is 2.06 bits per heavy atom. The lowest BCUT2D eigenvalue weighted by molar-refractivity contribution is -0.0299. The van der Waals surface area contributed by atoms with E-state index in [1.165, 1.54) is 5.56 Å². The van der Waals surface area contributed by atoms with E-state index in [4.69, 9.17) is 4.74 Å². The Labute approximate surface area is 97.3 Å². The Morgan fingerprint density at radius 3 is 2.62 bits per heavy atom. The molecule has 2 nitrogen and oxygen atoms in total. The van der Waals surface area contributed by atoms with Crippen molar-refractivity contribution in [2.24, 2.45) is 0 Å². The molecule has 0 amide bonds. The summed E-state index contributed by atoms with van der Waals surface area (Å²) in [6, 6.07) is 6.17. The smallest absolute Gasteiger partial charge is 0.105 e. The van der Waals surface area contributed by atoms with E-state index in [1.807, 2.05) is 19.1 Å². The molecule has 2 rings (SSSR count). The number of hydrogen-bond donors (Lipinski definition) is 1. The van der Waals surface area contributed by atoms with Crippen LogP contribution in [0.25, 0.3) is 0 Å². The molecule has 16 heavy (non-hydrogen) atoms. The van der Waals surface area contributed by atoms with Crippen LogP contribution in [-0.2, 0) is 4.74 Å². The molecule has 1 heterocycles. The number of aliphatic hydroxyl groups is 1. The van der Waals surface area contributed by atoms with Gasteiger partial charge in [-0.25, -0.2) is 0 Å². The van der Waals surface area contributed by atoms with Crippen LogP contribution in [0.1, 0.15) is 42.6 Å². The highest BCUT2D eigenvalue weighted by Gasteiger charge is 2.29.